The molecule has 0 bridgehead atoms. The maximum atomic E-state index is 11.6. The summed E-state index contributed by atoms with van der Waals surface area (Å²) in [6.07, 6.45) is 1.80. The third-order valence-electron chi connectivity index (χ3n) is 4.83. The second-order valence-corrected chi connectivity index (χ2v) is 7.84. The predicted molar refractivity (Wildman–Crippen MR) is 127 cm³/mol. The number of anilines is 1. The average molecular weight is 450 g/mol. The van der Waals surface area contributed by atoms with Gasteiger partial charge in [0, 0.05) is 21.9 Å². The number of esters is 1. The molecule has 4 rings (SSSR count). The van der Waals surface area contributed by atoms with Crippen molar-refractivity contribution >= 4 is 39.6 Å². The molecule has 0 amide bonds. The smallest absolute Gasteiger partial charge is 0.311 e. The quantitative estimate of drug-likeness (QED) is 0.219. The van der Waals surface area contributed by atoms with E-state index in [1.54, 1.807) is 25.6 Å². The minimum Gasteiger partial charge on any atom is -0.496 e. The molecular weight excluding hydrogens is 426 g/mol. The molecule has 0 unspecified atom stereocenters. The summed E-state index contributed by atoms with van der Waals surface area (Å²) in [5, 5.41) is 7.65. The molecule has 0 atom stereocenters. The summed E-state index contributed by atoms with van der Waals surface area (Å²) in [6.45, 7) is 4.09. The zero-order chi connectivity index (χ0) is 22.5. The Hall–Kier alpha value is -3.65. The standard InChI is InChI=1S/C24H23N3O4S/c1-4-30-22(28)11-18-14-32-24(26-18)27-25-13-17-10-21-19(12-20(17)29-3)23(15(2)31-21)16-8-6-5-7-9-16/h5-10,12-14H,4,11H2,1-3H3,(H,26,27). The number of methoxy groups -OCH3 is 1. The molecule has 0 spiro atoms. The molecule has 2 aromatic carbocycles. The molecule has 32 heavy (non-hydrogen) atoms. The van der Waals surface area contributed by atoms with Crippen LogP contribution in [0.15, 0.2) is 57.4 Å². The third-order valence-corrected chi connectivity index (χ3v) is 5.62. The van der Waals surface area contributed by atoms with Crippen LogP contribution < -0.4 is 10.2 Å². The molecule has 0 saturated carbocycles. The fourth-order valence-corrected chi connectivity index (χ4v) is 4.12. The Morgan fingerprint density at radius 2 is 2.09 bits per heavy atom. The number of carbonyl (C=O) groups is 1. The zero-order valence-corrected chi connectivity index (χ0v) is 18.9. The van der Waals surface area contributed by atoms with Gasteiger partial charge in [0.25, 0.3) is 0 Å². The molecule has 0 fully saturated rings. The summed E-state index contributed by atoms with van der Waals surface area (Å²) in [6, 6.07) is 14.0. The molecule has 8 heteroatoms. The Labute approximate surface area is 189 Å². The van der Waals surface area contributed by atoms with Crippen LogP contribution in [0, 0.1) is 6.92 Å². The molecule has 164 valence electrons. The lowest BCUT2D eigenvalue weighted by Gasteiger charge is -2.06. The molecule has 4 aromatic rings. The van der Waals surface area contributed by atoms with Crippen molar-refractivity contribution in [3.8, 4) is 16.9 Å². The molecular formula is C24H23N3O4S. The van der Waals surface area contributed by atoms with Crippen LogP contribution in [-0.4, -0.2) is 30.9 Å². The number of ether oxygens (including phenoxy) is 2. The lowest BCUT2D eigenvalue weighted by molar-refractivity contribution is -0.142. The third kappa shape index (κ3) is 4.65. The van der Waals surface area contributed by atoms with Gasteiger partial charge in [0.2, 0.25) is 5.13 Å². The van der Waals surface area contributed by atoms with Crippen LogP contribution in [-0.2, 0) is 16.0 Å². The van der Waals surface area contributed by atoms with Gasteiger partial charge in [-0.2, -0.15) is 5.10 Å². The molecule has 0 aliphatic rings. The first-order valence-corrected chi connectivity index (χ1v) is 11.0. The molecule has 7 nitrogen and oxygen atoms in total. The van der Waals surface area contributed by atoms with E-state index in [9.17, 15) is 4.79 Å². The monoisotopic (exact) mass is 449 g/mol. The number of nitrogens with zero attached hydrogens (tertiary/aromatic N) is 2. The van der Waals surface area contributed by atoms with E-state index >= 15 is 0 Å². The number of furan rings is 1. The van der Waals surface area contributed by atoms with Crippen LogP contribution in [0.3, 0.4) is 0 Å². The molecule has 2 aromatic heterocycles. The van der Waals surface area contributed by atoms with Crippen LogP contribution in [0.2, 0.25) is 0 Å². The van der Waals surface area contributed by atoms with Gasteiger partial charge in [0.15, 0.2) is 0 Å². The largest absolute Gasteiger partial charge is 0.496 e. The number of carbonyl (C=O) groups excluding carboxylic acids is 1. The van der Waals surface area contributed by atoms with Gasteiger partial charge < -0.3 is 13.9 Å². The van der Waals surface area contributed by atoms with Gasteiger partial charge in [0.1, 0.15) is 17.1 Å². The number of hydrazone groups is 1. The van der Waals surface area contributed by atoms with Crippen LogP contribution in [0.1, 0.15) is 23.9 Å². The summed E-state index contributed by atoms with van der Waals surface area (Å²) in [4.78, 5) is 15.9. The van der Waals surface area contributed by atoms with Gasteiger partial charge in [-0.05, 0) is 31.5 Å². The Kier molecular flexibility index (Phi) is 6.51. The molecule has 2 heterocycles. The van der Waals surface area contributed by atoms with E-state index in [-0.39, 0.29) is 12.4 Å². The Balaban J connectivity index is 1.55. The SMILES string of the molecule is CCOC(=O)Cc1csc(NN=Cc2cc3oc(C)c(-c4ccccc4)c3cc2OC)n1. The number of aromatic nitrogens is 1. The number of benzene rings is 2. The normalized spacial score (nSPS) is 11.2. The van der Waals surface area contributed by atoms with Crippen molar-refractivity contribution in [2.24, 2.45) is 5.10 Å². The van der Waals surface area contributed by atoms with Gasteiger partial charge in [0.05, 0.1) is 32.0 Å². The lowest BCUT2D eigenvalue weighted by atomic mass is 10.0. The number of nitrogens with one attached hydrogen (secondary N) is 1. The van der Waals surface area contributed by atoms with Crippen molar-refractivity contribution < 1.29 is 18.7 Å². The lowest BCUT2D eigenvalue weighted by Crippen LogP contribution is -2.07. The van der Waals surface area contributed by atoms with Crippen LogP contribution in [0.5, 0.6) is 5.75 Å². The van der Waals surface area contributed by atoms with Crippen molar-refractivity contribution in [3.63, 3.8) is 0 Å². The first-order valence-electron chi connectivity index (χ1n) is 10.1. The molecule has 0 aliphatic heterocycles. The Morgan fingerprint density at radius 3 is 2.84 bits per heavy atom. The van der Waals surface area contributed by atoms with E-state index < -0.39 is 0 Å². The van der Waals surface area contributed by atoms with E-state index in [2.05, 4.69) is 27.6 Å². The maximum absolute atomic E-state index is 11.6. The van der Waals surface area contributed by atoms with Gasteiger partial charge in [-0.25, -0.2) is 4.98 Å². The summed E-state index contributed by atoms with van der Waals surface area (Å²) in [5.74, 6) is 1.23. The van der Waals surface area contributed by atoms with Gasteiger partial charge in [-0.3, -0.25) is 10.2 Å². The highest BCUT2D eigenvalue weighted by molar-refractivity contribution is 7.13. The highest BCUT2D eigenvalue weighted by Gasteiger charge is 2.16. The summed E-state index contributed by atoms with van der Waals surface area (Å²) >= 11 is 1.37. The van der Waals surface area contributed by atoms with Crippen LogP contribution in [0.25, 0.3) is 22.1 Å². The first-order chi connectivity index (χ1) is 15.6. The van der Waals surface area contributed by atoms with Crippen molar-refractivity contribution in [3.05, 3.63) is 64.9 Å². The molecule has 0 saturated heterocycles. The topological polar surface area (TPSA) is 86.0 Å². The average Bonchev–Trinajstić information content (AvgIpc) is 3.36. The number of aryl methyl sites for hydroxylation is 1. The number of fused-ring (bicyclic) bond motifs is 1. The summed E-state index contributed by atoms with van der Waals surface area (Å²) in [5.41, 5.74) is 7.22. The van der Waals surface area contributed by atoms with E-state index in [1.165, 1.54) is 11.3 Å². The van der Waals surface area contributed by atoms with E-state index in [1.807, 2.05) is 37.3 Å². The van der Waals surface area contributed by atoms with Crippen molar-refractivity contribution in [1.82, 2.24) is 4.98 Å². The van der Waals surface area contributed by atoms with Crippen molar-refractivity contribution in [1.29, 1.82) is 0 Å². The molecule has 1 N–H and O–H groups in total. The van der Waals surface area contributed by atoms with Gasteiger partial charge in [-0.15, -0.1) is 11.3 Å². The minimum absolute atomic E-state index is 0.141. The van der Waals surface area contributed by atoms with Gasteiger partial charge in [-0.1, -0.05) is 30.3 Å². The zero-order valence-electron chi connectivity index (χ0n) is 18.0. The fourth-order valence-electron chi connectivity index (χ4n) is 3.46. The Morgan fingerprint density at radius 1 is 1.28 bits per heavy atom. The second-order valence-electron chi connectivity index (χ2n) is 6.99. The maximum Gasteiger partial charge on any atom is 0.311 e. The van der Waals surface area contributed by atoms with Crippen LogP contribution in [0.4, 0.5) is 5.13 Å². The Bertz CT molecular complexity index is 1260. The second kappa shape index (κ2) is 9.65. The summed E-state index contributed by atoms with van der Waals surface area (Å²) in [7, 11) is 1.63. The number of hydrogen-bond acceptors (Lipinski definition) is 8. The van der Waals surface area contributed by atoms with Crippen molar-refractivity contribution in [2.75, 3.05) is 19.1 Å². The first kappa shape index (κ1) is 21.6. The molecule has 0 radical (unpaired) electrons. The highest BCUT2D eigenvalue weighted by Crippen LogP contribution is 2.37. The van der Waals surface area contributed by atoms with Gasteiger partial charge >= 0.3 is 5.97 Å². The summed E-state index contributed by atoms with van der Waals surface area (Å²) < 4.78 is 16.6. The predicted octanol–water partition coefficient (Wildman–Crippen LogP) is 5.42. The molecule has 0 aliphatic carbocycles. The fraction of sp³-hybridized carbons (Fsp3) is 0.208. The minimum atomic E-state index is -0.297. The van der Waals surface area contributed by atoms with E-state index in [0.717, 1.165) is 33.4 Å². The van der Waals surface area contributed by atoms with E-state index in [4.69, 9.17) is 13.9 Å². The number of rotatable bonds is 8. The van der Waals surface area contributed by atoms with Crippen molar-refractivity contribution in [2.45, 2.75) is 20.3 Å². The number of hydrogen-bond donors (Lipinski definition) is 1. The van der Waals surface area contributed by atoms with Crippen LogP contribution >= 0.6 is 11.3 Å². The van der Waals surface area contributed by atoms with E-state index in [0.29, 0.717) is 23.2 Å². The number of thiazole rings is 1. The highest BCUT2D eigenvalue weighted by atomic mass is 32.1.